The van der Waals surface area contributed by atoms with Gasteiger partial charge in [0.2, 0.25) is 17.5 Å². The van der Waals surface area contributed by atoms with Crippen molar-refractivity contribution in [2.24, 2.45) is 16.7 Å². The molecule has 9 rings (SSSR count). The van der Waals surface area contributed by atoms with E-state index >= 15 is 0 Å². The Kier molecular flexibility index (Phi) is 10.8. The maximum atomic E-state index is 13.9. The van der Waals surface area contributed by atoms with Gasteiger partial charge in [-0.15, -0.1) is 0 Å². The van der Waals surface area contributed by atoms with E-state index in [4.69, 9.17) is 21.0 Å². The second-order valence-electron chi connectivity index (χ2n) is 18.8. The second-order valence-corrected chi connectivity index (χ2v) is 18.8. The van der Waals surface area contributed by atoms with Crippen LogP contribution in [0.4, 0.5) is 11.4 Å². The highest BCUT2D eigenvalue weighted by Gasteiger charge is 2.67. The van der Waals surface area contributed by atoms with E-state index in [0.717, 1.165) is 68.1 Å². The minimum absolute atomic E-state index is 0.0157. The fraction of sp³-hybridized carbons (Fsp3) is 0.490. The smallest absolute Gasteiger partial charge is 0.262 e. The predicted molar refractivity (Wildman–Crippen MR) is 233 cm³/mol. The molecule has 4 fully saturated rings. The molecule has 2 saturated carbocycles. The fourth-order valence-corrected chi connectivity index (χ4v) is 11.5. The van der Waals surface area contributed by atoms with E-state index in [0.29, 0.717) is 58.8 Å². The number of nitrogens with one attached hydrogen (secondary N) is 1. The van der Waals surface area contributed by atoms with Gasteiger partial charge in [-0.1, -0.05) is 33.6 Å². The highest BCUT2D eigenvalue weighted by atomic mass is 16.5. The molecular weight excluding hydrogens is 799 g/mol. The van der Waals surface area contributed by atoms with Crippen LogP contribution in [0.3, 0.4) is 0 Å². The Hall–Kier alpha value is -6.25. The first kappa shape index (κ1) is 42.1. The molecule has 5 amide bonds. The summed E-state index contributed by atoms with van der Waals surface area (Å²) < 4.78 is 12.3. The summed E-state index contributed by atoms with van der Waals surface area (Å²) in [6.07, 6.45) is 4.16. The largest absolute Gasteiger partial charge is 0.505 e. The molecular formula is C49H53N7O7. The molecule has 0 spiro atoms. The summed E-state index contributed by atoms with van der Waals surface area (Å²) in [4.78, 5) is 80.8. The van der Waals surface area contributed by atoms with Crippen LogP contribution < -0.4 is 19.7 Å². The summed E-state index contributed by atoms with van der Waals surface area (Å²) >= 11 is 0. The van der Waals surface area contributed by atoms with Crippen LogP contribution in [0.2, 0.25) is 0 Å². The molecule has 63 heavy (non-hydrogen) atoms. The number of carbonyl (C=O) groups excluding carboxylic acids is 5. The molecule has 5 heterocycles. The number of aromatic nitrogens is 1. The van der Waals surface area contributed by atoms with Gasteiger partial charge in [-0.05, 0) is 87.4 Å². The molecule has 14 nitrogen and oxygen atoms in total. The summed E-state index contributed by atoms with van der Waals surface area (Å²) in [5.41, 5.74) is 3.27. The van der Waals surface area contributed by atoms with Crippen molar-refractivity contribution in [2.45, 2.75) is 104 Å². The zero-order valence-electron chi connectivity index (χ0n) is 36.5. The lowest BCUT2D eigenvalue weighted by Crippen LogP contribution is -2.74. The van der Waals surface area contributed by atoms with Gasteiger partial charge in [0.25, 0.3) is 17.7 Å². The van der Waals surface area contributed by atoms with Gasteiger partial charge in [0.05, 0.1) is 42.1 Å². The molecule has 1 unspecified atom stereocenters. The van der Waals surface area contributed by atoms with Crippen LogP contribution in [0.1, 0.15) is 116 Å². The van der Waals surface area contributed by atoms with Crippen LogP contribution in [0.5, 0.6) is 11.5 Å². The first-order valence-corrected chi connectivity index (χ1v) is 22.2. The third-order valence-corrected chi connectivity index (χ3v) is 14.2. The van der Waals surface area contributed by atoms with Crippen LogP contribution in [-0.4, -0.2) is 106 Å². The number of nitrogens with zero attached hydrogens (tertiary/aromatic N) is 6. The van der Waals surface area contributed by atoms with E-state index < -0.39 is 29.7 Å². The number of benzene rings is 2. The maximum Gasteiger partial charge on any atom is 0.262 e. The molecule has 4 aliphatic heterocycles. The minimum atomic E-state index is -0.980. The van der Waals surface area contributed by atoms with Crippen LogP contribution in [0.15, 0.2) is 48.5 Å². The van der Waals surface area contributed by atoms with Gasteiger partial charge >= 0.3 is 0 Å². The Morgan fingerprint density at radius 2 is 1.56 bits per heavy atom. The van der Waals surface area contributed by atoms with Crippen molar-refractivity contribution in [2.75, 3.05) is 37.7 Å². The molecule has 326 valence electrons. The Morgan fingerprint density at radius 3 is 2.25 bits per heavy atom. The third-order valence-electron chi connectivity index (χ3n) is 14.2. The van der Waals surface area contributed by atoms with Crippen LogP contribution in [-0.2, 0) is 16.1 Å². The molecule has 2 aliphatic carbocycles. The third kappa shape index (κ3) is 7.38. The molecule has 6 aliphatic rings. The van der Waals surface area contributed by atoms with Crippen molar-refractivity contribution in [3.63, 3.8) is 0 Å². The zero-order chi connectivity index (χ0) is 44.4. The number of pyridine rings is 1. The van der Waals surface area contributed by atoms with Crippen molar-refractivity contribution in [3.8, 4) is 23.3 Å². The number of imide groups is 2. The number of hydrogen-bond donors (Lipinski definition) is 1. The van der Waals surface area contributed by atoms with Gasteiger partial charge < -0.3 is 19.3 Å². The fourth-order valence-electron chi connectivity index (χ4n) is 11.5. The van der Waals surface area contributed by atoms with Gasteiger partial charge in [0, 0.05) is 73.2 Å². The Morgan fingerprint density at radius 1 is 0.841 bits per heavy atom. The Balaban J connectivity index is 0.770. The van der Waals surface area contributed by atoms with E-state index in [9.17, 15) is 24.0 Å². The molecule has 0 radical (unpaired) electrons. The average molecular weight is 852 g/mol. The second kappa shape index (κ2) is 16.1. The van der Waals surface area contributed by atoms with Gasteiger partial charge in [-0.3, -0.25) is 39.1 Å². The molecule has 0 bridgehead atoms. The lowest BCUT2D eigenvalue weighted by molar-refractivity contribution is -0.199. The Labute approximate surface area is 368 Å². The van der Waals surface area contributed by atoms with E-state index in [1.54, 1.807) is 24.3 Å². The van der Waals surface area contributed by atoms with E-state index in [2.05, 4.69) is 59.5 Å². The number of rotatable bonds is 8. The van der Waals surface area contributed by atoms with Crippen molar-refractivity contribution in [3.05, 3.63) is 88.0 Å². The molecule has 2 saturated heterocycles. The monoisotopic (exact) mass is 851 g/mol. The lowest BCUT2D eigenvalue weighted by atomic mass is 9.49. The van der Waals surface area contributed by atoms with Crippen LogP contribution >= 0.6 is 0 Å². The summed E-state index contributed by atoms with van der Waals surface area (Å²) in [6, 6.07) is 13.8. The highest BCUT2D eigenvalue weighted by molar-refractivity contribution is 6.23. The van der Waals surface area contributed by atoms with Gasteiger partial charge in [-0.25, -0.2) is 9.83 Å². The molecule has 2 aromatic carbocycles. The summed E-state index contributed by atoms with van der Waals surface area (Å²) in [6.45, 7) is 22.2. The number of amides is 5. The molecule has 1 aromatic heterocycles. The number of fused-ring (bicyclic) bond motifs is 2. The van der Waals surface area contributed by atoms with E-state index in [1.165, 1.54) is 0 Å². The number of piperidine rings is 1. The maximum absolute atomic E-state index is 13.9. The Bertz CT molecular complexity index is 2500. The summed E-state index contributed by atoms with van der Waals surface area (Å²) in [5, 5.41) is 2.25. The highest BCUT2D eigenvalue weighted by Crippen LogP contribution is 2.59. The molecule has 3 aromatic rings. The van der Waals surface area contributed by atoms with Crippen molar-refractivity contribution in [1.29, 1.82) is 0 Å². The quantitative estimate of drug-likeness (QED) is 0.163. The first-order chi connectivity index (χ1) is 30.2. The van der Waals surface area contributed by atoms with Crippen LogP contribution in [0.25, 0.3) is 4.85 Å². The SMILES string of the molecule is [C-]#[N+]c1ccc(OC2C(C)(C)C(N3Cc4nc(C#CC5CCC(N6CCN(c7ccc8c(c7)C(=O)N(C7CCC(=O)NC7=O)C8=O)CC6)CC5)ccc4C3=O)C2(C)C)cc1OCC. The number of anilines is 1. The van der Waals surface area contributed by atoms with Crippen molar-refractivity contribution >= 4 is 40.9 Å². The number of hydrogen-bond acceptors (Lipinski definition) is 10. The lowest BCUT2D eigenvalue weighted by Gasteiger charge is -2.65. The minimum Gasteiger partial charge on any atom is -0.505 e. The van der Waals surface area contributed by atoms with Crippen LogP contribution in [0, 0.1) is 35.2 Å². The van der Waals surface area contributed by atoms with E-state index in [-0.39, 0.29) is 47.6 Å². The number of carbonyl (C=O) groups is 5. The normalized spacial score (nSPS) is 26.3. The zero-order valence-corrected chi connectivity index (χ0v) is 36.5. The average Bonchev–Trinajstić information content (AvgIpc) is 3.71. The van der Waals surface area contributed by atoms with Crippen molar-refractivity contribution in [1.82, 2.24) is 25.0 Å². The molecule has 1 atom stereocenters. The predicted octanol–water partition coefficient (Wildman–Crippen LogP) is 6.00. The van der Waals surface area contributed by atoms with Gasteiger partial charge in [0.1, 0.15) is 29.3 Å². The van der Waals surface area contributed by atoms with Gasteiger partial charge in [0.15, 0.2) is 0 Å². The van der Waals surface area contributed by atoms with Crippen molar-refractivity contribution < 1.29 is 33.4 Å². The topological polar surface area (TPSA) is 146 Å². The summed E-state index contributed by atoms with van der Waals surface area (Å²) in [7, 11) is 0. The molecule has 14 heteroatoms. The summed E-state index contributed by atoms with van der Waals surface area (Å²) in [5.74, 6) is 6.27. The molecule has 1 N–H and O–H groups in total. The van der Waals surface area contributed by atoms with E-state index in [1.807, 2.05) is 36.1 Å². The standard InChI is InChI=1S/C49H53N7O7/c1-7-62-40-27-33(16-19-37(40)50-6)63-47-48(2,3)46(49(47,4)5)55-28-38-35(43(55)59)17-12-30(51-38)11-8-29-9-13-31(14-10-29)53-22-24-54(25-23-53)32-15-18-34-36(26-32)45(61)56(44(34)60)39-20-21-41(57)52-42(39)58/h12,15-19,26-27,29,31,39,46-47H,7,9-10,13-14,20-25,28H2,1-5H3,(H,52,57,58). The number of ether oxygens (including phenoxy) is 2. The first-order valence-electron chi connectivity index (χ1n) is 22.2. The number of piperazine rings is 1. The van der Waals surface area contributed by atoms with Gasteiger partial charge in [-0.2, -0.15) is 0 Å².